The number of hydrogen-bond acceptors (Lipinski definition) is 5. The maximum atomic E-state index is 11.8. The van der Waals surface area contributed by atoms with E-state index in [1.807, 2.05) is 0 Å². The Kier molecular flexibility index (Phi) is 4.40. The van der Waals surface area contributed by atoms with E-state index >= 15 is 0 Å². The van der Waals surface area contributed by atoms with E-state index in [4.69, 9.17) is 30.5 Å². The van der Waals surface area contributed by atoms with Gasteiger partial charge in [-0.25, -0.2) is 4.79 Å². The van der Waals surface area contributed by atoms with Crippen molar-refractivity contribution in [1.29, 1.82) is 0 Å². The summed E-state index contributed by atoms with van der Waals surface area (Å²) in [5, 5.41) is 0.571. The Morgan fingerprint density at radius 3 is 2.82 bits per heavy atom. The highest BCUT2D eigenvalue weighted by molar-refractivity contribution is 9.10. The third-order valence-corrected chi connectivity index (χ3v) is 3.67. The van der Waals surface area contributed by atoms with Crippen LogP contribution < -0.4 is 18.9 Å². The average Bonchev–Trinajstić information content (AvgIpc) is 2.94. The molecule has 0 N–H and O–H groups in total. The van der Waals surface area contributed by atoms with Gasteiger partial charge in [0, 0.05) is 11.1 Å². The van der Waals surface area contributed by atoms with Crippen LogP contribution in [-0.4, -0.2) is 19.4 Å². The number of halogens is 2. The van der Waals surface area contributed by atoms with Crippen LogP contribution in [0.5, 0.6) is 23.0 Å². The van der Waals surface area contributed by atoms with E-state index < -0.39 is 5.97 Å². The van der Waals surface area contributed by atoms with Crippen LogP contribution in [0.2, 0.25) is 5.02 Å². The molecule has 0 radical (unpaired) electrons. The summed E-state index contributed by atoms with van der Waals surface area (Å²) >= 11 is 9.14. The van der Waals surface area contributed by atoms with Gasteiger partial charge in [0.05, 0.1) is 4.47 Å². The van der Waals surface area contributed by atoms with Crippen LogP contribution in [0.3, 0.4) is 0 Å². The minimum absolute atomic E-state index is 0.167. The standard InChI is InChI=1S/C15H10BrClO5/c16-11-5-9(17)1-3-12(11)19-7-15(18)22-10-2-4-13-14(6-10)21-8-20-13/h1-6H,7-8H2. The highest BCUT2D eigenvalue weighted by Crippen LogP contribution is 2.35. The van der Waals surface area contributed by atoms with E-state index in [-0.39, 0.29) is 13.4 Å². The zero-order valence-electron chi connectivity index (χ0n) is 11.2. The van der Waals surface area contributed by atoms with Crippen LogP contribution in [0.15, 0.2) is 40.9 Å². The summed E-state index contributed by atoms with van der Waals surface area (Å²) in [4.78, 5) is 11.8. The molecule has 0 saturated heterocycles. The molecule has 5 nitrogen and oxygen atoms in total. The predicted octanol–water partition coefficient (Wildman–Crippen LogP) is 3.82. The lowest BCUT2D eigenvalue weighted by molar-refractivity contribution is -0.136. The first-order chi connectivity index (χ1) is 10.6. The third-order valence-electron chi connectivity index (χ3n) is 2.82. The smallest absolute Gasteiger partial charge is 0.349 e. The number of carbonyl (C=O) groups excluding carboxylic acids is 1. The van der Waals surface area contributed by atoms with Crippen molar-refractivity contribution < 1.29 is 23.7 Å². The minimum atomic E-state index is -0.527. The molecule has 114 valence electrons. The van der Waals surface area contributed by atoms with Crippen molar-refractivity contribution in [1.82, 2.24) is 0 Å². The summed E-state index contributed by atoms with van der Waals surface area (Å²) in [6, 6.07) is 9.93. The monoisotopic (exact) mass is 384 g/mol. The van der Waals surface area contributed by atoms with Crippen molar-refractivity contribution in [3.63, 3.8) is 0 Å². The molecule has 0 atom stereocenters. The van der Waals surface area contributed by atoms with Gasteiger partial charge in [-0.15, -0.1) is 0 Å². The number of hydrogen-bond donors (Lipinski definition) is 0. The van der Waals surface area contributed by atoms with Crippen molar-refractivity contribution in [2.75, 3.05) is 13.4 Å². The van der Waals surface area contributed by atoms with E-state index in [0.29, 0.717) is 32.5 Å². The summed E-state index contributed by atoms with van der Waals surface area (Å²) in [6.07, 6.45) is 0. The Morgan fingerprint density at radius 2 is 2.00 bits per heavy atom. The van der Waals surface area contributed by atoms with Crippen molar-refractivity contribution in [3.05, 3.63) is 45.9 Å². The average molecular weight is 386 g/mol. The number of benzene rings is 2. The van der Waals surface area contributed by atoms with Crippen LogP contribution >= 0.6 is 27.5 Å². The quantitative estimate of drug-likeness (QED) is 0.592. The fourth-order valence-corrected chi connectivity index (χ4v) is 2.63. The molecule has 0 saturated carbocycles. The predicted molar refractivity (Wildman–Crippen MR) is 82.8 cm³/mol. The van der Waals surface area contributed by atoms with Gasteiger partial charge in [0.1, 0.15) is 11.5 Å². The second-order valence-corrected chi connectivity index (χ2v) is 5.64. The van der Waals surface area contributed by atoms with E-state index in [0.717, 1.165) is 0 Å². The molecule has 0 aromatic heterocycles. The third kappa shape index (κ3) is 3.45. The Bertz CT molecular complexity index is 719. The van der Waals surface area contributed by atoms with Crippen molar-refractivity contribution >= 4 is 33.5 Å². The van der Waals surface area contributed by atoms with Gasteiger partial charge in [-0.05, 0) is 46.3 Å². The van der Waals surface area contributed by atoms with Gasteiger partial charge in [-0.1, -0.05) is 11.6 Å². The molecule has 0 bridgehead atoms. The van der Waals surface area contributed by atoms with Gasteiger partial charge >= 0.3 is 5.97 Å². The van der Waals surface area contributed by atoms with Gasteiger partial charge in [0.25, 0.3) is 0 Å². The molecule has 2 aromatic rings. The molecule has 0 aliphatic carbocycles. The molecule has 0 fully saturated rings. The van der Waals surface area contributed by atoms with Crippen LogP contribution in [-0.2, 0) is 4.79 Å². The highest BCUT2D eigenvalue weighted by Gasteiger charge is 2.15. The lowest BCUT2D eigenvalue weighted by atomic mass is 10.3. The van der Waals surface area contributed by atoms with E-state index in [1.165, 1.54) is 0 Å². The van der Waals surface area contributed by atoms with Gasteiger partial charge in [0.15, 0.2) is 18.1 Å². The summed E-state index contributed by atoms with van der Waals surface area (Å²) in [7, 11) is 0. The Balaban J connectivity index is 1.58. The fraction of sp³-hybridized carbons (Fsp3) is 0.133. The maximum Gasteiger partial charge on any atom is 0.349 e. The fourth-order valence-electron chi connectivity index (χ4n) is 1.83. The molecule has 2 aromatic carbocycles. The lowest BCUT2D eigenvalue weighted by Gasteiger charge is -2.08. The first-order valence-corrected chi connectivity index (χ1v) is 7.47. The second kappa shape index (κ2) is 6.46. The van der Waals surface area contributed by atoms with Gasteiger partial charge in [0.2, 0.25) is 6.79 Å². The van der Waals surface area contributed by atoms with Crippen LogP contribution in [0.1, 0.15) is 0 Å². The first kappa shape index (κ1) is 15.0. The zero-order chi connectivity index (χ0) is 15.5. The molecular formula is C15H10BrClO5. The largest absolute Gasteiger partial charge is 0.481 e. The van der Waals surface area contributed by atoms with E-state index in [1.54, 1.807) is 36.4 Å². The Labute approximate surface area is 139 Å². The van der Waals surface area contributed by atoms with Crippen LogP contribution in [0, 0.1) is 0 Å². The van der Waals surface area contributed by atoms with Crippen LogP contribution in [0.4, 0.5) is 0 Å². The summed E-state index contributed by atoms with van der Waals surface area (Å²) in [6.45, 7) is -0.0604. The number of esters is 1. The second-order valence-electron chi connectivity index (χ2n) is 4.35. The SMILES string of the molecule is O=C(COc1ccc(Cl)cc1Br)Oc1ccc2c(c1)OCO2. The van der Waals surface area contributed by atoms with Crippen molar-refractivity contribution in [3.8, 4) is 23.0 Å². The molecule has 22 heavy (non-hydrogen) atoms. The summed E-state index contributed by atoms with van der Waals surface area (Å²) in [5.74, 6) is 1.52. The first-order valence-electron chi connectivity index (χ1n) is 6.30. The summed E-state index contributed by atoms with van der Waals surface area (Å²) < 4.78 is 21.6. The molecule has 1 aliphatic rings. The molecule has 7 heteroatoms. The number of carbonyl (C=O) groups is 1. The molecule has 3 rings (SSSR count). The van der Waals surface area contributed by atoms with Crippen LogP contribution in [0.25, 0.3) is 0 Å². The molecule has 1 aliphatic heterocycles. The zero-order valence-corrected chi connectivity index (χ0v) is 13.5. The molecule has 0 unspecified atom stereocenters. The van der Waals surface area contributed by atoms with Crippen molar-refractivity contribution in [2.45, 2.75) is 0 Å². The van der Waals surface area contributed by atoms with Crippen molar-refractivity contribution in [2.24, 2.45) is 0 Å². The lowest BCUT2D eigenvalue weighted by Crippen LogP contribution is -2.17. The molecule has 1 heterocycles. The molecule has 0 spiro atoms. The highest BCUT2D eigenvalue weighted by atomic mass is 79.9. The van der Waals surface area contributed by atoms with Gasteiger partial charge in [-0.2, -0.15) is 0 Å². The number of fused-ring (bicyclic) bond motifs is 1. The van der Waals surface area contributed by atoms with Gasteiger partial charge < -0.3 is 18.9 Å². The Morgan fingerprint density at radius 1 is 1.18 bits per heavy atom. The maximum absolute atomic E-state index is 11.8. The normalized spacial score (nSPS) is 12.1. The molecule has 0 amide bonds. The van der Waals surface area contributed by atoms with E-state index in [2.05, 4.69) is 15.9 Å². The number of ether oxygens (including phenoxy) is 4. The Hall–Kier alpha value is -1.92. The summed E-state index contributed by atoms with van der Waals surface area (Å²) in [5.41, 5.74) is 0. The van der Waals surface area contributed by atoms with E-state index in [9.17, 15) is 4.79 Å². The van der Waals surface area contributed by atoms with Gasteiger partial charge in [-0.3, -0.25) is 0 Å². The molecular weight excluding hydrogens is 376 g/mol. The number of rotatable bonds is 4. The minimum Gasteiger partial charge on any atom is -0.481 e. The topological polar surface area (TPSA) is 54.0 Å².